The molecule has 0 aliphatic carbocycles. The minimum atomic E-state index is -2.79. The molecule has 1 N–H and O–H groups in total. The highest BCUT2D eigenvalue weighted by molar-refractivity contribution is 7.91. The second-order valence-electron chi connectivity index (χ2n) is 5.58. The lowest BCUT2D eigenvalue weighted by Crippen LogP contribution is -2.47. The van der Waals surface area contributed by atoms with Crippen molar-refractivity contribution < 1.29 is 8.42 Å². The van der Waals surface area contributed by atoms with Crippen molar-refractivity contribution in [2.45, 2.75) is 31.3 Å². The Morgan fingerprint density at radius 3 is 2.40 bits per heavy atom. The first-order valence-electron chi connectivity index (χ1n) is 7.11. The van der Waals surface area contributed by atoms with Crippen LogP contribution in [0.1, 0.15) is 19.3 Å². The summed E-state index contributed by atoms with van der Waals surface area (Å²) in [6.07, 6.45) is 6.29. The average Bonchev–Trinajstić information content (AvgIpc) is 2.80. The molecule has 1 unspecified atom stereocenters. The highest BCUT2D eigenvalue weighted by Crippen LogP contribution is 2.18. The third-order valence-corrected chi connectivity index (χ3v) is 5.80. The van der Waals surface area contributed by atoms with Crippen LogP contribution in [-0.4, -0.2) is 55.1 Å². The molecular weight excluding hydrogens is 276 g/mol. The summed E-state index contributed by atoms with van der Waals surface area (Å²) in [5, 5.41) is 3.50. The van der Waals surface area contributed by atoms with Gasteiger partial charge in [-0.1, -0.05) is 0 Å². The Bertz CT molecular complexity index is 541. The molecule has 0 radical (unpaired) electrons. The number of aromatic nitrogens is 2. The van der Waals surface area contributed by atoms with Gasteiger partial charge in [-0.05, 0) is 25.3 Å². The summed E-state index contributed by atoms with van der Waals surface area (Å²) in [5.41, 5.74) is 0. The molecule has 2 aliphatic rings. The molecule has 6 nitrogen and oxygen atoms in total. The second kappa shape index (κ2) is 5.65. The Morgan fingerprint density at radius 1 is 1.10 bits per heavy atom. The van der Waals surface area contributed by atoms with Crippen molar-refractivity contribution in [1.29, 1.82) is 0 Å². The highest BCUT2D eigenvalue weighted by Gasteiger charge is 2.30. The Labute approximate surface area is 119 Å². The lowest BCUT2D eigenvalue weighted by atomic mass is 10.0. The molecule has 2 saturated heterocycles. The van der Waals surface area contributed by atoms with Gasteiger partial charge in [-0.2, -0.15) is 0 Å². The number of piperidine rings is 1. The van der Waals surface area contributed by atoms with E-state index in [0.29, 0.717) is 17.5 Å². The van der Waals surface area contributed by atoms with Gasteiger partial charge in [0.05, 0.1) is 11.5 Å². The average molecular weight is 296 g/mol. The minimum absolute atomic E-state index is 0.143. The van der Waals surface area contributed by atoms with E-state index in [1.807, 2.05) is 6.07 Å². The van der Waals surface area contributed by atoms with Crippen molar-refractivity contribution in [3.63, 3.8) is 0 Å². The summed E-state index contributed by atoms with van der Waals surface area (Å²) in [4.78, 5) is 10.7. The number of nitrogens with zero attached hydrogens (tertiary/aromatic N) is 3. The topological polar surface area (TPSA) is 75.2 Å². The van der Waals surface area contributed by atoms with Gasteiger partial charge in [-0.3, -0.25) is 0 Å². The van der Waals surface area contributed by atoms with E-state index in [-0.39, 0.29) is 6.04 Å². The predicted octanol–water partition coefficient (Wildman–Crippen LogP) is 0.222. The van der Waals surface area contributed by atoms with Crippen LogP contribution in [0, 0.1) is 0 Å². The number of hydrogen-bond acceptors (Lipinski definition) is 6. The van der Waals surface area contributed by atoms with Crippen LogP contribution in [0.4, 0.5) is 5.95 Å². The number of sulfone groups is 1. The van der Waals surface area contributed by atoms with E-state index in [1.54, 1.807) is 12.4 Å². The Morgan fingerprint density at radius 2 is 1.80 bits per heavy atom. The monoisotopic (exact) mass is 296 g/mol. The van der Waals surface area contributed by atoms with Gasteiger partial charge in [-0.15, -0.1) is 0 Å². The van der Waals surface area contributed by atoms with Gasteiger partial charge in [0, 0.05) is 37.6 Å². The van der Waals surface area contributed by atoms with Crippen molar-refractivity contribution in [3.05, 3.63) is 18.5 Å². The number of anilines is 1. The first-order chi connectivity index (χ1) is 9.62. The summed E-state index contributed by atoms with van der Waals surface area (Å²) in [7, 11) is -2.79. The Hall–Kier alpha value is -1.21. The quantitative estimate of drug-likeness (QED) is 0.860. The summed E-state index contributed by atoms with van der Waals surface area (Å²) in [6.45, 7) is 1.84. The molecule has 20 heavy (non-hydrogen) atoms. The molecule has 0 spiro atoms. The van der Waals surface area contributed by atoms with Crippen molar-refractivity contribution >= 4 is 15.8 Å². The molecule has 3 rings (SSSR count). The zero-order chi connectivity index (χ0) is 14.0. The fourth-order valence-corrected chi connectivity index (χ4v) is 4.65. The lowest BCUT2D eigenvalue weighted by molar-refractivity contribution is 0.377. The maximum Gasteiger partial charge on any atom is 0.225 e. The van der Waals surface area contributed by atoms with E-state index in [1.165, 1.54) is 0 Å². The van der Waals surface area contributed by atoms with Crippen LogP contribution < -0.4 is 10.2 Å². The summed E-state index contributed by atoms with van der Waals surface area (Å²) in [5.74, 6) is 1.42. The van der Waals surface area contributed by atoms with Gasteiger partial charge >= 0.3 is 0 Å². The van der Waals surface area contributed by atoms with Crippen molar-refractivity contribution in [3.8, 4) is 0 Å². The fourth-order valence-electron chi connectivity index (χ4n) is 2.96. The molecule has 0 saturated carbocycles. The van der Waals surface area contributed by atoms with Crippen molar-refractivity contribution in [2.24, 2.45) is 0 Å². The first kappa shape index (κ1) is 13.8. The molecule has 3 heterocycles. The van der Waals surface area contributed by atoms with Crippen LogP contribution in [0.5, 0.6) is 0 Å². The van der Waals surface area contributed by atoms with Gasteiger partial charge in [0.2, 0.25) is 5.95 Å². The van der Waals surface area contributed by atoms with Crippen LogP contribution in [0.3, 0.4) is 0 Å². The lowest BCUT2D eigenvalue weighted by Gasteiger charge is -2.33. The third kappa shape index (κ3) is 3.27. The molecular formula is C13H20N4O2S. The van der Waals surface area contributed by atoms with Gasteiger partial charge in [0.25, 0.3) is 0 Å². The van der Waals surface area contributed by atoms with E-state index in [2.05, 4.69) is 20.2 Å². The first-order valence-corrected chi connectivity index (χ1v) is 8.93. The smallest absolute Gasteiger partial charge is 0.225 e. The van der Waals surface area contributed by atoms with Crippen LogP contribution in [0.15, 0.2) is 18.5 Å². The third-order valence-electron chi connectivity index (χ3n) is 4.03. The maximum absolute atomic E-state index is 11.5. The molecule has 110 valence electrons. The molecule has 0 aromatic carbocycles. The maximum atomic E-state index is 11.5. The molecule has 7 heteroatoms. The number of nitrogens with one attached hydrogen (secondary N) is 1. The zero-order valence-corrected chi connectivity index (χ0v) is 12.2. The van der Waals surface area contributed by atoms with Crippen molar-refractivity contribution in [2.75, 3.05) is 29.5 Å². The van der Waals surface area contributed by atoms with E-state index < -0.39 is 9.84 Å². The van der Waals surface area contributed by atoms with Crippen LogP contribution in [0.2, 0.25) is 0 Å². The number of rotatable bonds is 3. The SMILES string of the molecule is O=S1(=O)CCC(NC2CCN(c3ncccn3)CC2)C1. The van der Waals surface area contributed by atoms with Gasteiger partial charge in [-0.25, -0.2) is 18.4 Å². The van der Waals surface area contributed by atoms with Crippen LogP contribution in [-0.2, 0) is 9.84 Å². The van der Waals surface area contributed by atoms with Crippen molar-refractivity contribution in [1.82, 2.24) is 15.3 Å². The highest BCUT2D eigenvalue weighted by atomic mass is 32.2. The predicted molar refractivity (Wildman–Crippen MR) is 77.5 cm³/mol. The normalized spacial score (nSPS) is 26.8. The van der Waals surface area contributed by atoms with E-state index in [4.69, 9.17) is 0 Å². The van der Waals surface area contributed by atoms with Crippen LogP contribution >= 0.6 is 0 Å². The minimum Gasteiger partial charge on any atom is -0.341 e. The second-order valence-corrected chi connectivity index (χ2v) is 7.81. The van der Waals surface area contributed by atoms with Crippen LogP contribution in [0.25, 0.3) is 0 Å². The standard InChI is InChI=1S/C13H20N4O2S/c18-20(19)9-4-12(10-20)16-11-2-7-17(8-3-11)13-14-5-1-6-15-13/h1,5-6,11-12,16H,2-4,7-10H2. The Balaban J connectivity index is 1.50. The molecule has 0 amide bonds. The molecule has 1 aromatic heterocycles. The summed E-state index contributed by atoms with van der Waals surface area (Å²) >= 11 is 0. The molecule has 2 fully saturated rings. The largest absolute Gasteiger partial charge is 0.341 e. The van der Waals surface area contributed by atoms with E-state index >= 15 is 0 Å². The van der Waals surface area contributed by atoms with Gasteiger partial charge in [0.1, 0.15) is 0 Å². The summed E-state index contributed by atoms with van der Waals surface area (Å²) < 4.78 is 22.9. The van der Waals surface area contributed by atoms with Gasteiger partial charge < -0.3 is 10.2 Å². The summed E-state index contributed by atoms with van der Waals surface area (Å²) in [6, 6.07) is 2.37. The molecule has 1 atom stereocenters. The van der Waals surface area contributed by atoms with E-state index in [9.17, 15) is 8.42 Å². The zero-order valence-electron chi connectivity index (χ0n) is 11.4. The van der Waals surface area contributed by atoms with E-state index in [0.717, 1.165) is 38.3 Å². The molecule has 0 bridgehead atoms. The molecule has 2 aliphatic heterocycles. The van der Waals surface area contributed by atoms with Gasteiger partial charge in [0.15, 0.2) is 9.84 Å². The molecule has 1 aromatic rings. The Kier molecular flexibility index (Phi) is 3.89. The fraction of sp³-hybridized carbons (Fsp3) is 0.692. The number of hydrogen-bond donors (Lipinski definition) is 1.